The topological polar surface area (TPSA) is 53.3 Å². The molecule has 2 aromatic carbocycles. The van der Waals surface area contributed by atoms with Gasteiger partial charge in [-0.05, 0) is 48.9 Å². The second-order valence-electron chi connectivity index (χ2n) is 6.12. The molecule has 0 fully saturated rings. The van der Waals surface area contributed by atoms with Gasteiger partial charge in [-0.1, -0.05) is 12.1 Å². The van der Waals surface area contributed by atoms with Crippen molar-refractivity contribution in [1.82, 2.24) is 9.55 Å². The fourth-order valence-electron chi connectivity index (χ4n) is 2.77. The van der Waals surface area contributed by atoms with Crippen molar-refractivity contribution >= 4 is 11.4 Å². The number of anilines is 2. The molecular formula is C20H24N4O. The number of rotatable bonds is 7. The minimum atomic E-state index is 0.155. The molecule has 3 rings (SSSR count). The Kier molecular flexibility index (Phi) is 5.36. The van der Waals surface area contributed by atoms with Crippen LogP contribution in [-0.2, 0) is 0 Å². The molecule has 25 heavy (non-hydrogen) atoms. The van der Waals surface area contributed by atoms with Gasteiger partial charge in [-0.25, -0.2) is 4.98 Å². The third-order valence-corrected chi connectivity index (χ3v) is 4.32. The van der Waals surface area contributed by atoms with Crippen LogP contribution < -0.4 is 10.2 Å². The van der Waals surface area contributed by atoms with Gasteiger partial charge < -0.3 is 19.9 Å². The molecule has 0 saturated heterocycles. The van der Waals surface area contributed by atoms with Crippen molar-refractivity contribution in [1.29, 1.82) is 0 Å². The van der Waals surface area contributed by atoms with E-state index in [1.165, 1.54) is 5.56 Å². The second-order valence-corrected chi connectivity index (χ2v) is 6.12. The molecule has 0 spiro atoms. The Morgan fingerprint density at radius 3 is 2.44 bits per heavy atom. The predicted molar refractivity (Wildman–Crippen MR) is 102 cm³/mol. The van der Waals surface area contributed by atoms with Crippen molar-refractivity contribution in [3.63, 3.8) is 0 Å². The summed E-state index contributed by atoms with van der Waals surface area (Å²) in [4.78, 5) is 6.11. The Balaban J connectivity index is 1.64. The van der Waals surface area contributed by atoms with Crippen LogP contribution in [0.2, 0.25) is 0 Å². The molecule has 130 valence electrons. The number of benzene rings is 2. The number of nitrogens with one attached hydrogen (secondary N) is 1. The van der Waals surface area contributed by atoms with Crippen LogP contribution >= 0.6 is 0 Å². The summed E-state index contributed by atoms with van der Waals surface area (Å²) in [7, 11) is 1.98. The molecule has 1 heterocycles. The van der Waals surface area contributed by atoms with Crippen molar-refractivity contribution in [2.75, 3.05) is 30.4 Å². The number of hydrogen-bond acceptors (Lipinski definition) is 4. The standard InChI is InChI=1S/C20H24N4O/c1-16(17-3-7-20(8-4-17)24-12-11-21-15-24)22-18-5-9-19(10-6-18)23(2)13-14-25/h3-12,15-16,22,25H,13-14H2,1-2H3. The Morgan fingerprint density at radius 1 is 1.12 bits per heavy atom. The summed E-state index contributed by atoms with van der Waals surface area (Å²) in [5, 5.41) is 12.5. The highest BCUT2D eigenvalue weighted by Gasteiger charge is 2.07. The first-order chi connectivity index (χ1) is 12.2. The largest absolute Gasteiger partial charge is 0.395 e. The summed E-state index contributed by atoms with van der Waals surface area (Å²) in [5.74, 6) is 0. The van der Waals surface area contributed by atoms with Crippen LogP contribution in [-0.4, -0.2) is 34.9 Å². The smallest absolute Gasteiger partial charge is 0.0991 e. The maximum absolute atomic E-state index is 9.02. The van der Waals surface area contributed by atoms with Gasteiger partial charge in [-0.15, -0.1) is 0 Å². The molecule has 0 aliphatic carbocycles. The average Bonchev–Trinajstić information content (AvgIpc) is 3.17. The minimum absolute atomic E-state index is 0.155. The van der Waals surface area contributed by atoms with E-state index in [-0.39, 0.29) is 12.6 Å². The van der Waals surface area contributed by atoms with Gasteiger partial charge in [0.1, 0.15) is 0 Å². The maximum atomic E-state index is 9.02. The second kappa shape index (κ2) is 7.85. The highest BCUT2D eigenvalue weighted by atomic mass is 16.3. The minimum Gasteiger partial charge on any atom is -0.395 e. The number of likely N-dealkylation sites (N-methyl/N-ethyl adjacent to an activating group) is 1. The van der Waals surface area contributed by atoms with E-state index in [2.05, 4.69) is 65.8 Å². The molecule has 1 atom stereocenters. The third-order valence-electron chi connectivity index (χ3n) is 4.32. The van der Waals surface area contributed by atoms with E-state index >= 15 is 0 Å². The molecule has 0 aliphatic heterocycles. The first kappa shape index (κ1) is 17.0. The molecule has 0 radical (unpaired) electrons. The van der Waals surface area contributed by atoms with E-state index < -0.39 is 0 Å². The monoisotopic (exact) mass is 336 g/mol. The fraction of sp³-hybridized carbons (Fsp3) is 0.250. The lowest BCUT2D eigenvalue weighted by atomic mass is 10.1. The Labute approximate surface area is 148 Å². The van der Waals surface area contributed by atoms with E-state index in [9.17, 15) is 0 Å². The molecule has 5 heteroatoms. The zero-order valence-electron chi connectivity index (χ0n) is 14.6. The summed E-state index contributed by atoms with van der Waals surface area (Å²) in [6.45, 7) is 2.94. The van der Waals surface area contributed by atoms with Crippen LogP contribution in [0.1, 0.15) is 18.5 Å². The predicted octanol–water partition coefficient (Wildman–Crippen LogP) is 3.47. The number of aromatic nitrogens is 2. The van der Waals surface area contributed by atoms with Gasteiger partial charge in [0.2, 0.25) is 0 Å². The number of nitrogens with zero attached hydrogens (tertiary/aromatic N) is 3. The number of imidazole rings is 1. The molecule has 0 aliphatic rings. The lowest BCUT2D eigenvalue weighted by Crippen LogP contribution is -2.20. The molecule has 3 aromatic rings. The fourth-order valence-corrected chi connectivity index (χ4v) is 2.77. The van der Waals surface area contributed by atoms with Gasteiger partial charge in [-0.2, -0.15) is 0 Å². The summed E-state index contributed by atoms with van der Waals surface area (Å²) >= 11 is 0. The molecular weight excluding hydrogens is 312 g/mol. The van der Waals surface area contributed by atoms with E-state index in [1.54, 1.807) is 12.5 Å². The van der Waals surface area contributed by atoms with E-state index in [1.807, 2.05) is 22.7 Å². The van der Waals surface area contributed by atoms with Crippen molar-refractivity contribution in [2.24, 2.45) is 0 Å². The van der Waals surface area contributed by atoms with Gasteiger partial charge in [-0.3, -0.25) is 0 Å². The molecule has 5 nitrogen and oxygen atoms in total. The Morgan fingerprint density at radius 2 is 1.84 bits per heavy atom. The quantitative estimate of drug-likeness (QED) is 0.694. The SMILES string of the molecule is CC(Nc1ccc(N(C)CCO)cc1)c1ccc(-n2ccnc2)cc1. The summed E-state index contributed by atoms with van der Waals surface area (Å²) in [6, 6.07) is 16.9. The molecule has 0 amide bonds. The van der Waals surface area contributed by atoms with Gasteiger partial charge in [0.05, 0.1) is 12.9 Å². The van der Waals surface area contributed by atoms with Gasteiger partial charge in [0.25, 0.3) is 0 Å². The van der Waals surface area contributed by atoms with Crippen molar-refractivity contribution in [3.8, 4) is 5.69 Å². The summed E-state index contributed by atoms with van der Waals surface area (Å²) in [6.07, 6.45) is 5.51. The Bertz CT molecular complexity index is 766. The van der Waals surface area contributed by atoms with Crippen LogP contribution in [0, 0.1) is 0 Å². The highest BCUT2D eigenvalue weighted by molar-refractivity contribution is 5.55. The number of aliphatic hydroxyl groups is 1. The van der Waals surface area contributed by atoms with Gasteiger partial charge in [0.15, 0.2) is 0 Å². The van der Waals surface area contributed by atoms with Crippen LogP contribution in [0.5, 0.6) is 0 Å². The third kappa shape index (κ3) is 4.19. The van der Waals surface area contributed by atoms with E-state index in [0.29, 0.717) is 6.54 Å². The average molecular weight is 336 g/mol. The number of aliphatic hydroxyl groups excluding tert-OH is 1. The zero-order chi connectivity index (χ0) is 17.6. The zero-order valence-corrected chi connectivity index (χ0v) is 14.6. The molecule has 0 bridgehead atoms. The van der Waals surface area contributed by atoms with Crippen LogP contribution in [0.3, 0.4) is 0 Å². The summed E-state index contributed by atoms with van der Waals surface area (Å²) in [5.41, 5.74) is 4.50. The van der Waals surface area contributed by atoms with Crippen LogP contribution in [0.4, 0.5) is 11.4 Å². The van der Waals surface area contributed by atoms with Crippen molar-refractivity contribution in [3.05, 3.63) is 72.8 Å². The van der Waals surface area contributed by atoms with Gasteiger partial charge in [0, 0.05) is 49.1 Å². The van der Waals surface area contributed by atoms with E-state index in [0.717, 1.165) is 17.1 Å². The highest BCUT2D eigenvalue weighted by Crippen LogP contribution is 2.23. The molecule has 1 aromatic heterocycles. The molecule has 2 N–H and O–H groups in total. The maximum Gasteiger partial charge on any atom is 0.0991 e. The lowest BCUT2D eigenvalue weighted by molar-refractivity contribution is 0.304. The van der Waals surface area contributed by atoms with Crippen molar-refractivity contribution in [2.45, 2.75) is 13.0 Å². The number of hydrogen-bond donors (Lipinski definition) is 2. The summed E-state index contributed by atoms with van der Waals surface area (Å²) < 4.78 is 1.99. The first-order valence-electron chi connectivity index (χ1n) is 8.44. The van der Waals surface area contributed by atoms with E-state index in [4.69, 9.17) is 5.11 Å². The van der Waals surface area contributed by atoms with Crippen LogP contribution in [0.25, 0.3) is 5.69 Å². The normalized spacial score (nSPS) is 12.0. The van der Waals surface area contributed by atoms with Crippen LogP contribution in [0.15, 0.2) is 67.3 Å². The Hall–Kier alpha value is -2.79. The molecule has 1 unspecified atom stereocenters. The lowest BCUT2D eigenvalue weighted by Gasteiger charge is -2.20. The van der Waals surface area contributed by atoms with Gasteiger partial charge >= 0.3 is 0 Å². The molecule has 0 saturated carbocycles. The van der Waals surface area contributed by atoms with Crippen molar-refractivity contribution < 1.29 is 5.11 Å². The first-order valence-corrected chi connectivity index (χ1v) is 8.44.